The number of para-hydroxylation sites is 1. The van der Waals surface area contributed by atoms with Gasteiger partial charge in [0, 0.05) is 19.0 Å². The maximum atomic E-state index is 14.2. The first-order valence-electron chi connectivity index (χ1n) is 13.4. The Morgan fingerprint density at radius 1 is 0.902 bits per heavy atom. The Kier molecular flexibility index (Phi) is 11.2. The highest BCUT2D eigenvalue weighted by atomic mass is 35.5. The van der Waals surface area contributed by atoms with Crippen molar-refractivity contribution in [1.29, 1.82) is 0 Å². The SMILES string of the molecule is CC[C@H](C)NC(=O)[C@@H](Cc1ccccc1)N(Cc1ccc(Cl)c(Cl)c1)C(=O)CN(c1c(C)cccc1C)S(C)(=O)=O. The number of sulfonamides is 1. The third kappa shape index (κ3) is 8.71. The van der Waals surface area contributed by atoms with Crippen LogP contribution in [0.15, 0.2) is 66.7 Å². The van der Waals surface area contributed by atoms with Crippen molar-refractivity contribution in [2.75, 3.05) is 17.1 Å². The molecule has 0 aliphatic heterocycles. The molecule has 0 bridgehead atoms. The zero-order valence-electron chi connectivity index (χ0n) is 24.0. The maximum Gasteiger partial charge on any atom is 0.244 e. The summed E-state index contributed by atoms with van der Waals surface area (Å²) in [6.07, 6.45) is 2.02. The Hall–Kier alpha value is -3.07. The second-order valence-electron chi connectivity index (χ2n) is 10.3. The smallest absolute Gasteiger partial charge is 0.244 e. The molecule has 0 saturated carbocycles. The molecule has 3 aromatic carbocycles. The van der Waals surface area contributed by atoms with E-state index in [1.54, 1.807) is 44.2 Å². The van der Waals surface area contributed by atoms with Crippen LogP contribution < -0.4 is 9.62 Å². The Morgan fingerprint density at radius 3 is 2.10 bits per heavy atom. The fourth-order valence-electron chi connectivity index (χ4n) is 4.60. The number of amides is 2. The van der Waals surface area contributed by atoms with Crippen LogP contribution in [-0.4, -0.2) is 50.0 Å². The van der Waals surface area contributed by atoms with Crippen LogP contribution in [0.3, 0.4) is 0 Å². The van der Waals surface area contributed by atoms with Crippen LogP contribution in [0.5, 0.6) is 0 Å². The van der Waals surface area contributed by atoms with Gasteiger partial charge in [-0.25, -0.2) is 8.42 Å². The van der Waals surface area contributed by atoms with Crippen LogP contribution >= 0.6 is 23.2 Å². The van der Waals surface area contributed by atoms with E-state index >= 15 is 0 Å². The van der Waals surface area contributed by atoms with E-state index in [2.05, 4.69) is 5.32 Å². The van der Waals surface area contributed by atoms with Crippen LogP contribution in [0.2, 0.25) is 10.0 Å². The normalized spacial score (nSPS) is 12.9. The summed E-state index contributed by atoms with van der Waals surface area (Å²) >= 11 is 12.4. The number of aryl methyl sites for hydroxylation is 2. The quantitative estimate of drug-likeness (QED) is 0.273. The van der Waals surface area contributed by atoms with Gasteiger partial charge in [0.1, 0.15) is 12.6 Å². The van der Waals surface area contributed by atoms with E-state index in [9.17, 15) is 18.0 Å². The van der Waals surface area contributed by atoms with Crippen molar-refractivity contribution < 1.29 is 18.0 Å². The molecule has 3 rings (SSSR count). The van der Waals surface area contributed by atoms with Crippen LogP contribution in [0.4, 0.5) is 5.69 Å². The van der Waals surface area contributed by atoms with Gasteiger partial charge >= 0.3 is 0 Å². The van der Waals surface area contributed by atoms with Crippen LogP contribution in [0.1, 0.15) is 42.5 Å². The van der Waals surface area contributed by atoms with Gasteiger partial charge in [0.05, 0.1) is 22.0 Å². The first-order valence-corrected chi connectivity index (χ1v) is 16.0. The fraction of sp³-hybridized carbons (Fsp3) is 0.355. The monoisotopic (exact) mass is 617 g/mol. The zero-order valence-corrected chi connectivity index (χ0v) is 26.4. The van der Waals surface area contributed by atoms with E-state index < -0.39 is 28.5 Å². The summed E-state index contributed by atoms with van der Waals surface area (Å²) < 4.78 is 27.2. The van der Waals surface area contributed by atoms with Gasteiger partial charge in [-0.15, -0.1) is 0 Å². The summed E-state index contributed by atoms with van der Waals surface area (Å²) in [6.45, 7) is 7.00. The summed E-state index contributed by atoms with van der Waals surface area (Å²) in [6, 6.07) is 18.8. The van der Waals surface area contributed by atoms with Crippen molar-refractivity contribution in [2.45, 2.75) is 59.2 Å². The minimum Gasteiger partial charge on any atom is -0.352 e. The summed E-state index contributed by atoms with van der Waals surface area (Å²) in [7, 11) is -3.86. The first-order chi connectivity index (χ1) is 19.3. The molecule has 1 N–H and O–H groups in total. The average molecular weight is 619 g/mol. The number of nitrogens with zero attached hydrogens (tertiary/aromatic N) is 2. The molecular weight excluding hydrogens is 581 g/mol. The highest BCUT2D eigenvalue weighted by Gasteiger charge is 2.34. The maximum absolute atomic E-state index is 14.2. The molecule has 0 heterocycles. The Balaban J connectivity index is 2.12. The molecule has 3 aromatic rings. The van der Waals surface area contributed by atoms with E-state index in [1.165, 1.54) is 4.90 Å². The molecule has 0 aromatic heterocycles. The Labute approximate surface area is 253 Å². The molecule has 0 aliphatic rings. The van der Waals surface area contributed by atoms with Crippen LogP contribution in [0, 0.1) is 13.8 Å². The summed E-state index contributed by atoms with van der Waals surface area (Å²) in [5.41, 5.74) is 3.39. The summed E-state index contributed by atoms with van der Waals surface area (Å²) in [4.78, 5) is 29.4. The van der Waals surface area contributed by atoms with Gasteiger partial charge in [0.2, 0.25) is 21.8 Å². The van der Waals surface area contributed by atoms with Crippen LogP contribution in [0.25, 0.3) is 0 Å². The van der Waals surface area contributed by atoms with E-state index in [1.807, 2.05) is 50.2 Å². The van der Waals surface area contributed by atoms with Gasteiger partial charge < -0.3 is 10.2 Å². The molecule has 0 saturated heterocycles. The second-order valence-corrected chi connectivity index (χ2v) is 13.0. The van der Waals surface area contributed by atoms with Gasteiger partial charge in [0.15, 0.2) is 0 Å². The second kappa shape index (κ2) is 14.2. The lowest BCUT2D eigenvalue weighted by atomic mass is 10.0. The molecule has 0 fully saturated rings. The van der Waals surface area contributed by atoms with Crippen LogP contribution in [-0.2, 0) is 32.6 Å². The predicted molar refractivity (Wildman–Crippen MR) is 167 cm³/mol. The molecule has 0 radical (unpaired) electrons. The van der Waals surface area contributed by atoms with Crippen molar-refractivity contribution in [3.8, 4) is 0 Å². The van der Waals surface area contributed by atoms with Gasteiger partial charge in [-0.05, 0) is 61.6 Å². The van der Waals surface area contributed by atoms with Crippen molar-refractivity contribution in [3.63, 3.8) is 0 Å². The minimum absolute atomic E-state index is 0.0193. The lowest BCUT2D eigenvalue weighted by Crippen LogP contribution is -2.54. The van der Waals surface area contributed by atoms with Gasteiger partial charge in [-0.2, -0.15) is 0 Å². The molecule has 0 unspecified atom stereocenters. The molecule has 2 amide bonds. The van der Waals surface area contributed by atoms with Gasteiger partial charge in [-0.3, -0.25) is 13.9 Å². The van der Waals surface area contributed by atoms with E-state index in [0.717, 1.165) is 27.3 Å². The predicted octanol–water partition coefficient (Wildman–Crippen LogP) is 5.93. The fourth-order valence-corrected chi connectivity index (χ4v) is 5.89. The molecule has 220 valence electrons. The minimum atomic E-state index is -3.86. The number of nitrogens with one attached hydrogen (secondary N) is 1. The summed E-state index contributed by atoms with van der Waals surface area (Å²) in [5.74, 6) is -0.848. The van der Waals surface area contributed by atoms with Gasteiger partial charge in [0.25, 0.3) is 0 Å². The topological polar surface area (TPSA) is 86.8 Å². The highest BCUT2D eigenvalue weighted by molar-refractivity contribution is 7.92. The van der Waals surface area contributed by atoms with E-state index in [0.29, 0.717) is 27.7 Å². The lowest BCUT2D eigenvalue weighted by Gasteiger charge is -2.34. The number of hydrogen-bond donors (Lipinski definition) is 1. The number of hydrogen-bond acceptors (Lipinski definition) is 4. The zero-order chi connectivity index (χ0) is 30.3. The Morgan fingerprint density at radius 2 is 1.54 bits per heavy atom. The van der Waals surface area contributed by atoms with E-state index in [4.69, 9.17) is 23.2 Å². The number of halogens is 2. The molecule has 7 nitrogen and oxygen atoms in total. The number of carbonyl (C=O) groups is 2. The number of carbonyl (C=O) groups excluding carboxylic acids is 2. The molecule has 0 aliphatic carbocycles. The van der Waals surface area contributed by atoms with Crippen molar-refractivity contribution >= 4 is 50.7 Å². The number of benzene rings is 3. The van der Waals surface area contributed by atoms with Crippen molar-refractivity contribution in [3.05, 3.63) is 99.0 Å². The van der Waals surface area contributed by atoms with Crippen molar-refractivity contribution in [1.82, 2.24) is 10.2 Å². The Bertz CT molecular complexity index is 1460. The third-order valence-electron chi connectivity index (χ3n) is 6.98. The molecule has 0 spiro atoms. The number of rotatable bonds is 12. The van der Waals surface area contributed by atoms with Gasteiger partial charge in [-0.1, -0.05) is 84.7 Å². The molecule has 2 atom stereocenters. The molecule has 41 heavy (non-hydrogen) atoms. The third-order valence-corrected chi connectivity index (χ3v) is 8.83. The summed E-state index contributed by atoms with van der Waals surface area (Å²) in [5, 5.41) is 3.69. The highest BCUT2D eigenvalue weighted by Crippen LogP contribution is 2.28. The number of anilines is 1. The van der Waals surface area contributed by atoms with E-state index in [-0.39, 0.29) is 24.9 Å². The molecular formula is C31H37Cl2N3O4S. The standard InChI is InChI=1S/C31H37Cl2N3O4S/c1-6-23(4)34-31(38)28(18-24-13-8-7-9-14-24)35(19-25-15-16-26(32)27(33)17-25)29(37)20-36(41(5,39)40)30-21(2)11-10-12-22(30)3/h7-17,23,28H,6,18-20H2,1-5H3,(H,34,38)/t23-,28+/m0/s1. The van der Waals surface area contributed by atoms with Crippen molar-refractivity contribution in [2.24, 2.45) is 0 Å². The molecule has 10 heteroatoms. The lowest BCUT2D eigenvalue weighted by molar-refractivity contribution is -0.140. The average Bonchev–Trinajstić information content (AvgIpc) is 2.91. The first kappa shape index (κ1) is 32.4. The largest absolute Gasteiger partial charge is 0.352 e.